The van der Waals surface area contributed by atoms with E-state index in [1.165, 1.54) is 0 Å². The molecule has 3 rings (SSSR count). The Bertz CT molecular complexity index is 566. The Morgan fingerprint density at radius 2 is 2.12 bits per heavy atom. The highest BCUT2D eigenvalue weighted by Crippen LogP contribution is 2.33. The molecule has 88 valence electrons. The summed E-state index contributed by atoms with van der Waals surface area (Å²) in [5.74, 6) is 0.0103. The first kappa shape index (κ1) is 10.4. The van der Waals surface area contributed by atoms with E-state index in [1.54, 1.807) is 0 Å². The summed E-state index contributed by atoms with van der Waals surface area (Å²) >= 11 is 0. The van der Waals surface area contributed by atoms with Crippen molar-refractivity contribution in [1.82, 2.24) is 0 Å². The fourth-order valence-electron chi connectivity index (χ4n) is 3.02. The van der Waals surface area contributed by atoms with E-state index in [0.717, 1.165) is 35.5 Å². The van der Waals surface area contributed by atoms with E-state index in [4.69, 9.17) is 10.7 Å². The van der Waals surface area contributed by atoms with Crippen LogP contribution in [0.2, 0.25) is 0 Å². The molecule has 3 atom stereocenters. The van der Waals surface area contributed by atoms with Crippen molar-refractivity contribution in [3.8, 4) is 0 Å². The van der Waals surface area contributed by atoms with E-state index in [-0.39, 0.29) is 18.0 Å². The average Bonchev–Trinajstić information content (AvgIpc) is 2.38. The molecule has 1 aliphatic heterocycles. The van der Waals surface area contributed by atoms with Crippen LogP contribution >= 0.6 is 0 Å². The second kappa shape index (κ2) is 3.95. The summed E-state index contributed by atoms with van der Waals surface area (Å²) in [6.45, 7) is 0. The topological polar surface area (TPSA) is 67.8 Å². The molecule has 0 radical (unpaired) electrons. The highest BCUT2D eigenvalue weighted by Gasteiger charge is 2.37. The van der Waals surface area contributed by atoms with E-state index in [1.807, 2.05) is 24.3 Å². The highest BCUT2D eigenvalue weighted by atomic mass is 16.3. The molecule has 4 heteroatoms. The first-order chi connectivity index (χ1) is 8.31. The quantitative estimate of drug-likeness (QED) is 0.720. The largest absolute Gasteiger partial charge is 0.401 e. The van der Waals surface area contributed by atoms with Crippen molar-refractivity contribution >= 4 is 5.70 Å². The Kier molecular flexibility index (Phi) is 2.42. The molecule has 0 amide bonds. The van der Waals surface area contributed by atoms with Gasteiger partial charge in [0.1, 0.15) is 6.04 Å². The fraction of sp³-hybridized carbons (Fsp3) is 0.462. The molecule has 0 aromatic heterocycles. The predicted octanol–water partition coefficient (Wildman–Crippen LogP) is 0.690. The van der Waals surface area contributed by atoms with Crippen LogP contribution in [-0.4, -0.2) is 12.1 Å². The minimum absolute atomic E-state index is 0.0103. The first-order valence-corrected chi connectivity index (χ1v) is 6.06. The third-order valence-electron chi connectivity index (χ3n) is 3.84. The molecule has 1 aliphatic carbocycles. The van der Waals surface area contributed by atoms with Gasteiger partial charge in [-0.15, -0.1) is 0 Å². The monoisotopic (exact) mass is 229 g/mol. The van der Waals surface area contributed by atoms with Gasteiger partial charge in [0.2, 0.25) is 0 Å². The zero-order valence-electron chi connectivity index (χ0n) is 9.54. The van der Waals surface area contributed by atoms with Crippen LogP contribution in [0.4, 0.5) is 0 Å². The first-order valence-electron chi connectivity index (χ1n) is 6.06. The van der Waals surface area contributed by atoms with E-state index in [2.05, 4.69) is 5.18 Å². The summed E-state index contributed by atoms with van der Waals surface area (Å²) < 4.78 is 0. The summed E-state index contributed by atoms with van der Waals surface area (Å²) in [6.07, 6.45) is 2.85. The van der Waals surface area contributed by atoms with Crippen LogP contribution in [0.1, 0.15) is 19.3 Å². The van der Waals surface area contributed by atoms with E-state index < -0.39 is 0 Å². The molecule has 1 aromatic carbocycles. The molecule has 17 heavy (non-hydrogen) atoms. The standard InChI is InChI=1S/C13H15N3O/c14-13-8-4-1-2-5-9(8)15-10-6-3-7-11(16-17)12(10)13/h1-2,4-5,10-12H,3,6-7,14H2. The van der Waals surface area contributed by atoms with E-state index >= 15 is 0 Å². The molecular weight excluding hydrogens is 214 g/mol. The van der Waals surface area contributed by atoms with Crippen molar-refractivity contribution in [3.05, 3.63) is 39.7 Å². The number of para-hydroxylation sites is 1. The third-order valence-corrected chi connectivity index (χ3v) is 3.84. The molecule has 1 heterocycles. The molecule has 1 fully saturated rings. The van der Waals surface area contributed by atoms with Gasteiger partial charge in [-0.25, -0.2) is 0 Å². The molecule has 0 spiro atoms. The maximum atomic E-state index is 10.9. The number of hydrogen-bond acceptors (Lipinski definition) is 4. The van der Waals surface area contributed by atoms with Crippen molar-refractivity contribution in [3.63, 3.8) is 0 Å². The molecular formula is C13H15N3O. The zero-order valence-corrected chi connectivity index (χ0v) is 9.54. The van der Waals surface area contributed by atoms with Gasteiger partial charge in [0.25, 0.3) is 0 Å². The lowest BCUT2D eigenvalue weighted by Crippen LogP contribution is -2.47. The second-order valence-electron chi connectivity index (χ2n) is 4.80. The lowest BCUT2D eigenvalue weighted by atomic mass is 9.77. The molecule has 4 nitrogen and oxygen atoms in total. The number of fused-ring (bicyclic) bond motifs is 2. The van der Waals surface area contributed by atoms with Gasteiger partial charge in [-0.3, -0.25) is 4.99 Å². The molecule has 0 saturated heterocycles. The number of nitroso groups, excluding NO2 is 1. The van der Waals surface area contributed by atoms with Crippen LogP contribution < -0.4 is 16.3 Å². The van der Waals surface area contributed by atoms with Crippen LogP contribution in [0, 0.1) is 10.8 Å². The van der Waals surface area contributed by atoms with Crippen molar-refractivity contribution in [2.75, 3.05) is 0 Å². The summed E-state index contributed by atoms with van der Waals surface area (Å²) in [7, 11) is 0. The molecule has 3 unspecified atom stereocenters. The average molecular weight is 229 g/mol. The van der Waals surface area contributed by atoms with Gasteiger partial charge >= 0.3 is 0 Å². The predicted molar refractivity (Wildman–Crippen MR) is 65.5 cm³/mol. The van der Waals surface area contributed by atoms with Crippen molar-refractivity contribution in [2.24, 2.45) is 21.8 Å². The minimum Gasteiger partial charge on any atom is -0.401 e. The lowest BCUT2D eigenvalue weighted by Gasteiger charge is -2.34. The Morgan fingerprint density at radius 1 is 1.29 bits per heavy atom. The Morgan fingerprint density at radius 3 is 2.94 bits per heavy atom. The van der Waals surface area contributed by atoms with Crippen molar-refractivity contribution in [1.29, 1.82) is 0 Å². The smallest absolute Gasteiger partial charge is 0.102 e. The summed E-state index contributed by atoms with van der Waals surface area (Å²) in [4.78, 5) is 15.6. The second-order valence-corrected chi connectivity index (χ2v) is 4.80. The fourth-order valence-corrected chi connectivity index (χ4v) is 3.02. The molecule has 1 saturated carbocycles. The number of benzene rings is 1. The molecule has 2 N–H and O–H groups in total. The van der Waals surface area contributed by atoms with Crippen LogP contribution in [0.15, 0.2) is 34.4 Å². The maximum Gasteiger partial charge on any atom is 0.102 e. The van der Waals surface area contributed by atoms with Gasteiger partial charge in [0.15, 0.2) is 0 Å². The van der Waals surface area contributed by atoms with Crippen LogP contribution in [0.25, 0.3) is 5.70 Å². The minimum atomic E-state index is -0.203. The lowest BCUT2D eigenvalue weighted by molar-refractivity contribution is 0.314. The Hall–Kier alpha value is -1.71. The number of hydrogen-bond donors (Lipinski definition) is 1. The normalized spacial score (nSPS) is 31.1. The molecule has 2 aliphatic rings. The third kappa shape index (κ3) is 1.55. The van der Waals surface area contributed by atoms with Crippen LogP contribution in [0.5, 0.6) is 0 Å². The Labute approximate surface area is 99.2 Å². The highest BCUT2D eigenvalue weighted by molar-refractivity contribution is 5.47. The van der Waals surface area contributed by atoms with E-state index in [0.29, 0.717) is 0 Å². The summed E-state index contributed by atoms with van der Waals surface area (Å²) in [5, 5.41) is 5.18. The number of rotatable bonds is 1. The number of nitrogens with two attached hydrogens (primary N) is 1. The summed E-state index contributed by atoms with van der Waals surface area (Å²) in [5.41, 5.74) is 7.02. The molecule has 1 aromatic rings. The Balaban J connectivity index is 2.21. The van der Waals surface area contributed by atoms with Gasteiger partial charge < -0.3 is 5.73 Å². The number of nitrogens with zero attached hydrogens (tertiary/aromatic N) is 2. The maximum absolute atomic E-state index is 10.9. The molecule has 0 bridgehead atoms. The van der Waals surface area contributed by atoms with Crippen molar-refractivity contribution in [2.45, 2.75) is 31.3 Å². The van der Waals surface area contributed by atoms with Gasteiger partial charge in [-0.1, -0.05) is 23.4 Å². The van der Waals surface area contributed by atoms with Gasteiger partial charge in [0, 0.05) is 16.8 Å². The van der Waals surface area contributed by atoms with Crippen LogP contribution in [0.3, 0.4) is 0 Å². The zero-order chi connectivity index (χ0) is 11.8. The van der Waals surface area contributed by atoms with Gasteiger partial charge in [-0.2, -0.15) is 4.91 Å². The van der Waals surface area contributed by atoms with Crippen LogP contribution in [-0.2, 0) is 0 Å². The van der Waals surface area contributed by atoms with Crippen molar-refractivity contribution < 1.29 is 0 Å². The summed E-state index contributed by atoms with van der Waals surface area (Å²) in [6, 6.07) is 7.81. The van der Waals surface area contributed by atoms with Gasteiger partial charge in [-0.05, 0) is 25.3 Å². The SMILES string of the molecule is NC1=c2ccccc2=NC2CCCC(N=O)C12. The van der Waals surface area contributed by atoms with E-state index in [9.17, 15) is 4.91 Å². The van der Waals surface area contributed by atoms with Gasteiger partial charge in [0.05, 0.1) is 11.4 Å².